The van der Waals surface area contributed by atoms with Crippen molar-refractivity contribution in [2.24, 2.45) is 4.99 Å². The van der Waals surface area contributed by atoms with E-state index in [1.54, 1.807) is 11.8 Å². The summed E-state index contributed by atoms with van der Waals surface area (Å²) in [6, 6.07) is 12.7. The second-order valence-corrected chi connectivity index (χ2v) is 7.19. The van der Waals surface area contributed by atoms with Crippen LogP contribution in [0.4, 0.5) is 5.69 Å². The van der Waals surface area contributed by atoms with Crippen molar-refractivity contribution in [1.82, 2.24) is 4.90 Å². The normalized spacial score (nSPS) is 11.1. The Labute approximate surface area is 145 Å². The third kappa shape index (κ3) is 4.37. The molecule has 0 saturated carbocycles. The van der Waals surface area contributed by atoms with Crippen LogP contribution >= 0.6 is 27.7 Å². The Morgan fingerprint density at radius 1 is 1.14 bits per heavy atom. The van der Waals surface area contributed by atoms with Crippen LogP contribution in [0, 0.1) is 13.8 Å². The van der Waals surface area contributed by atoms with Gasteiger partial charge in [-0.25, -0.2) is 4.99 Å². The van der Waals surface area contributed by atoms with Crippen molar-refractivity contribution in [3.63, 3.8) is 0 Å². The second-order valence-electron chi connectivity index (χ2n) is 5.25. The Bertz CT molecular complexity index is 683. The van der Waals surface area contributed by atoms with Gasteiger partial charge in [0.15, 0.2) is 0 Å². The van der Waals surface area contributed by atoms with E-state index in [1.807, 2.05) is 13.4 Å². The third-order valence-corrected chi connectivity index (χ3v) is 5.61. The van der Waals surface area contributed by atoms with Crippen molar-refractivity contribution in [3.05, 3.63) is 52.0 Å². The van der Waals surface area contributed by atoms with Gasteiger partial charge in [0.05, 0.1) is 12.0 Å². The average molecular weight is 377 g/mol. The summed E-state index contributed by atoms with van der Waals surface area (Å²) in [7, 11) is 2.02. The molecule has 0 unspecified atom stereocenters. The molecule has 0 atom stereocenters. The molecular formula is C18H21BrN2S. The molecule has 0 aliphatic carbocycles. The number of rotatable bonds is 5. The fourth-order valence-corrected chi connectivity index (χ4v) is 3.47. The number of halogens is 1. The first-order valence-corrected chi connectivity index (χ1v) is 8.90. The Kier molecular flexibility index (Phi) is 6.09. The summed E-state index contributed by atoms with van der Waals surface area (Å²) in [5, 5.41) is 0. The Balaban J connectivity index is 2.27. The van der Waals surface area contributed by atoms with Crippen molar-refractivity contribution in [1.29, 1.82) is 0 Å². The summed E-state index contributed by atoms with van der Waals surface area (Å²) in [5.74, 6) is 0. The van der Waals surface area contributed by atoms with E-state index in [9.17, 15) is 0 Å². The number of hydrogen-bond acceptors (Lipinski definition) is 2. The maximum Gasteiger partial charge on any atom is 0.0909 e. The van der Waals surface area contributed by atoms with Gasteiger partial charge in [0, 0.05) is 27.9 Å². The minimum absolute atomic E-state index is 0.949. The molecule has 0 aliphatic heterocycles. The maximum atomic E-state index is 4.56. The molecule has 4 heteroatoms. The van der Waals surface area contributed by atoms with Crippen molar-refractivity contribution in [2.75, 3.05) is 13.6 Å². The topological polar surface area (TPSA) is 15.6 Å². The van der Waals surface area contributed by atoms with Crippen LogP contribution in [0.3, 0.4) is 0 Å². The van der Waals surface area contributed by atoms with Gasteiger partial charge in [-0.1, -0.05) is 30.0 Å². The fourth-order valence-electron chi connectivity index (χ4n) is 1.89. The average Bonchev–Trinajstić information content (AvgIpc) is 2.51. The smallest absolute Gasteiger partial charge is 0.0909 e. The molecule has 0 fully saturated rings. The molecule has 116 valence electrons. The highest BCUT2D eigenvalue weighted by molar-refractivity contribution is 9.10. The lowest BCUT2D eigenvalue weighted by Gasteiger charge is -2.11. The number of aryl methyl sites for hydroxylation is 2. The number of aliphatic imine (C=N–C) groups is 1. The van der Waals surface area contributed by atoms with Crippen LogP contribution in [0.1, 0.15) is 18.1 Å². The van der Waals surface area contributed by atoms with Crippen LogP contribution in [0.5, 0.6) is 0 Å². The molecule has 0 saturated heterocycles. The minimum atomic E-state index is 0.949. The molecule has 2 nitrogen and oxygen atoms in total. The number of benzene rings is 2. The zero-order chi connectivity index (χ0) is 16.1. The summed E-state index contributed by atoms with van der Waals surface area (Å²) in [4.78, 5) is 9.12. The van der Waals surface area contributed by atoms with Crippen LogP contribution in [-0.4, -0.2) is 24.8 Å². The van der Waals surface area contributed by atoms with Gasteiger partial charge in [-0.05, 0) is 66.0 Å². The highest BCUT2D eigenvalue weighted by Gasteiger charge is 2.08. The van der Waals surface area contributed by atoms with Gasteiger partial charge in [-0.2, -0.15) is 0 Å². The van der Waals surface area contributed by atoms with Crippen molar-refractivity contribution in [3.8, 4) is 0 Å². The van der Waals surface area contributed by atoms with Crippen molar-refractivity contribution < 1.29 is 0 Å². The molecule has 0 spiro atoms. The first-order valence-electron chi connectivity index (χ1n) is 7.29. The summed E-state index contributed by atoms with van der Waals surface area (Å²) in [5.41, 5.74) is 3.48. The van der Waals surface area contributed by atoms with E-state index in [1.165, 1.54) is 20.9 Å². The summed E-state index contributed by atoms with van der Waals surface area (Å²) >= 11 is 5.46. The Morgan fingerprint density at radius 2 is 1.86 bits per heavy atom. The van der Waals surface area contributed by atoms with Gasteiger partial charge in [-0.15, -0.1) is 0 Å². The summed E-state index contributed by atoms with van der Waals surface area (Å²) in [6.45, 7) is 7.30. The third-order valence-electron chi connectivity index (χ3n) is 3.46. The van der Waals surface area contributed by atoms with Crippen LogP contribution in [0.2, 0.25) is 0 Å². The van der Waals surface area contributed by atoms with E-state index in [2.05, 4.69) is 83.0 Å². The number of nitrogens with zero attached hydrogens (tertiary/aromatic N) is 2. The SMILES string of the molecule is CCN(C)C=Nc1cc(Br)c(Sc2ccccc2C)cc1C. The first kappa shape index (κ1) is 17.1. The molecule has 0 N–H and O–H groups in total. The molecule has 0 aromatic heterocycles. The Hall–Kier alpha value is -1.26. The molecular weight excluding hydrogens is 356 g/mol. The largest absolute Gasteiger partial charge is 0.366 e. The Morgan fingerprint density at radius 3 is 2.55 bits per heavy atom. The van der Waals surface area contributed by atoms with Crippen LogP contribution < -0.4 is 0 Å². The van der Waals surface area contributed by atoms with Gasteiger partial charge < -0.3 is 4.90 Å². The quantitative estimate of drug-likeness (QED) is 0.481. The fraction of sp³-hybridized carbons (Fsp3) is 0.278. The van der Waals surface area contributed by atoms with E-state index in [0.717, 1.165) is 16.7 Å². The molecule has 2 aromatic carbocycles. The minimum Gasteiger partial charge on any atom is -0.366 e. The first-order chi connectivity index (χ1) is 10.5. The lowest BCUT2D eigenvalue weighted by molar-refractivity contribution is 0.552. The zero-order valence-corrected chi connectivity index (χ0v) is 15.8. The van der Waals surface area contributed by atoms with Gasteiger partial charge in [-0.3, -0.25) is 0 Å². The van der Waals surface area contributed by atoms with E-state index in [-0.39, 0.29) is 0 Å². The molecule has 2 rings (SSSR count). The maximum absolute atomic E-state index is 4.56. The molecule has 0 bridgehead atoms. The molecule has 0 aliphatic rings. The van der Waals surface area contributed by atoms with E-state index < -0.39 is 0 Å². The van der Waals surface area contributed by atoms with Crippen LogP contribution in [0.25, 0.3) is 0 Å². The standard InChI is InChI=1S/C18H21BrN2S/c1-5-21(4)12-20-16-11-15(19)18(10-14(16)3)22-17-9-7-6-8-13(17)2/h6-12H,5H2,1-4H3. The number of hydrogen-bond donors (Lipinski definition) is 0. The molecule has 22 heavy (non-hydrogen) atoms. The molecule has 0 heterocycles. The van der Waals surface area contributed by atoms with Gasteiger partial charge >= 0.3 is 0 Å². The van der Waals surface area contributed by atoms with E-state index in [0.29, 0.717) is 0 Å². The van der Waals surface area contributed by atoms with Gasteiger partial charge in [0.25, 0.3) is 0 Å². The lowest BCUT2D eigenvalue weighted by Crippen LogP contribution is -2.14. The van der Waals surface area contributed by atoms with Crippen LogP contribution in [-0.2, 0) is 0 Å². The van der Waals surface area contributed by atoms with Crippen molar-refractivity contribution >= 4 is 39.7 Å². The predicted octanol–water partition coefficient (Wildman–Crippen LogP) is 5.83. The molecule has 2 aromatic rings. The zero-order valence-electron chi connectivity index (χ0n) is 13.4. The van der Waals surface area contributed by atoms with E-state index >= 15 is 0 Å². The summed E-state index contributed by atoms with van der Waals surface area (Å²) in [6.07, 6.45) is 1.88. The van der Waals surface area contributed by atoms with Gasteiger partial charge in [0.2, 0.25) is 0 Å². The van der Waals surface area contributed by atoms with E-state index in [4.69, 9.17) is 0 Å². The monoisotopic (exact) mass is 376 g/mol. The van der Waals surface area contributed by atoms with Crippen molar-refractivity contribution in [2.45, 2.75) is 30.6 Å². The lowest BCUT2D eigenvalue weighted by atomic mass is 10.2. The summed E-state index contributed by atoms with van der Waals surface area (Å²) < 4.78 is 1.08. The highest BCUT2D eigenvalue weighted by Crippen LogP contribution is 2.38. The predicted molar refractivity (Wildman–Crippen MR) is 101 cm³/mol. The van der Waals surface area contributed by atoms with Crippen LogP contribution in [0.15, 0.2) is 55.7 Å². The molecule has 0 amide bonds. The molecule has 0 radical (unpaired) electrons. The second kappa shape index (κ2) is 7.84. The van der Waals surface area contributed by atoms with Gasteiger partial charge in [0.1, 0.15) is 0 Å². The highest BCUT2D eigenvalue weighted by atomic mass is 79.9.